The van der Waals surface area contributed by atoms with E-state index in [0.717, 1.165) is 0 Å². The van der Waals surface area contributed by atoms with Gasteiger partial charge in [-0.05, 0) is 0 Å². The van der Waals surface area contributed by atoms with Crippen molar-refractivity contribution < 1.29 is 0 Å². The van der Waals surface area contributed by atoms with E-state index >= 15 is 0 Å². The Morgan fingerprint density at radius 3 is 2.25 bits per heavy atom. The zero-order valence-electron chi connectivity index (χ0n) is 2.36. The van der Waals surface area contributed by atoms with Crippen molar-refractivity contribution in [2.45, 2.75) is 0 Å². The molecular weight excluding hydrogens is 66.1 g/mol. The SMILES string of the molecule is C#C[SiH2]N. The summed E-state index contributed by atoms with van der Waals surface area (Å²) >= 11 is 0. The molecule has 0 fully saturated rings. The van der Waals surface area contributed by atoms with E-state index in [4.69, 9.17) is 11.8 Å². The lowest BCUT2D eigenvalue weighted by molar-refractivity contribution is 1.95. The third-order valence-corrected chi connectivity index (χ3v) is 0.354. The fourth-order valence-corrected chi connectivity index (χ4v) is 0. The Labute approximate surface area is 28.1 Å². The quantitative estimate of drug-likeness (QED) is 0.276. The average Bonchev–Trinajstić information content (AvgIpc) is 1.37. The molecule has 0 amide bonds. The monoisotopic (exact) mass is 71.0 g/mol. The highest BCUT2D eigenvalue weighted by Gasteiger charge is 1.46. The van der Waals surface area contributed by atoms with Crippen molar-refractivity contribution in [3.05, 3.63) is 0 Å². The first-order chi connectivity index (χ1) is 1.91. The van der Waals surface area contributed by atoms with Gasteiger partial charge in [0.05, 0.1) is 0 Å². The normalized spacial score (nSPS) is 8.00. The Bertz CT molecular complexity index is 35.8. The van der Waals surface area contributed by atoms with Crippen molar-refractivity contribution in [3.8, 4) is 12.0 Å². The van der Waals surface area contributed by atoms with Gasteiger partial charge in [-0.15, -0.1) is 12.0 Å². The molecule has 0 aromatic heterocycles. The van der Waals surface area contributed by atoms with Gasteiger partial charge in [-0.25, -0.2) is 0 Å². The molecule has 0 heterocycles. The molecule has 1 nitrogen and oxygen atoms in total. The van der Waals surface area contributed by atoms with Crippen molar-refractivity contribution in [3.63, 3.8) is 0 Å². The predicted octanol–water partition coefficient (Wildman–Crippen LogP) is -1.38. The molecule has 0 aliphatic carbocycles. The van der Waals surface area contributed by atoms with Gasteiger partial charge in [-0.2, -0.15) is 0 Å². The number of nitrogens with two attached hydrogens (primary N) is 1. The summed E-state index contributed by atoms with van der Waals surface area (Å²) in [6.45, 7) is 0. The van der Waals surface area contributed by atoms with Crippen LogP contribution in [0.2, 0.25) is 0 Å². The van der Waals surface area contributed by atoms with Crippen LogP contribution in [0.1, 0.15) is 0 Å². The Hall–Kier alpha value is -0.263. The van der Waals surface area contributed by atoms with E-state index in [1.165, 1.54) is 0 Å². The summed E-state index contributed by atoms with van der Waals surface area (Å²) in [5.41, 5.74) is 2.35. The average molecular weight is 71.2 g/mol. The smallest absolute Gasteiger partial charge is 0.173 e. The molecule has 0 aliphatic rings. The van der Waals surface area contributed by atoms with E-state index in [2.05, 4.69) is 5.54 Å². The van der Waals surface area contributed by atoms with Gasteiger partial charge in [0.1, 0.15) is 0 Å². The molecule has 0 aromatic carbocycles. The van der Waals surface area contributed by atoms with Crippen LogP contribution in [0.15, 0.2) is 0 Å². The third-order valence-electron chi connectivity index (χ3n) is 0.118. The summed E-state index contributed by atoms with van der Waals surface area (Å²) in [6, 6.07) is 0. The van der Waals surface area contributed by atoms with Crippen LogP contribution in [-0.2, 0) is 0 Å². The van der Waals surface area contributed by atoms with Gasteiger partial charge in [0.2, 0.25) is 0 Å². The van der Waals surface area contributed by atoms with Gasteiger partial charge in [0.15, 0.2) is 9.68 Å². The van der Waals surface area contributed by atoms with Crippen LogP contribution in [0.3, 0.4) is 0 Å². The number of hydrogen-bond acceptors (Lipinski definition) is 1. The standard InChI is InChI=1S/C2H5NSi/c1-2-4-3/h1H,3-4H2. The number of terminal acetylenes is 1. The molecule has 0 saturated carbocycles. The molecule has 0 aromatic rings. The third kappa shape index (κ3) is 1.74. The maximum atomic E-state index is 4.93. The van der Waals surface area contributed by atoms with Crippen molar-refractivity contribution >= 4 is 9.68 Å². The van der Waals surface area contributed by atoms with Crippen molar-refractivity contribution in [1.82, 2.24) is 0 Å². The lowest BCUT2D eigenvalue weighted by atomic mass is 11.4. The zero-order chi connectivity index (χ0) is 3.41. The highest BCUT2D eigenvalue weighted by Crippen LogP contribution is 1.18. The molecule has 0 bridgehead atoms. The summed E-state index contributed by atoms with van der Waals surface area (Å²) < 4.78 is 0. The maximum Gasteiger partial charge on any atom is 0.173 e. The Kier molecular flexibility index (Phi) is 2.56. The highest BCUT2D eigenvalue weighted by atomic mass is 28.2. The fraction of sp³-hybridized carbons (Fsp3) is 0. The molecule has 0 atom stereocenters. The lowest BCUT2D eigenvalue weighted by Gasteiger charge is -1.53. The first-order valence-electron chi connectivity index (χ1n) is 1.05. The van der Waals surface area contributed by atoms with Crippen LogP contribution in [0.5, 0.6) is 0 Å². The minimum absolute atomic E-state index is 0.548. The first-order valence-corrected chi connectivity index (χ1v) is 2.57. The zero-order valence-corrected chi connectivity index (χ0v) is 3.78. The van der Waals surface area contributed by atoms with Crippen LogP contribution in [0, 0.1) is 12.0 Å². The minimum Gasteiger partial charge on any atom is -0.346 e. The topological polar surface area (TPSA) is 26.0 Å². The van der Waals surface area contributed by atoms with Crippen LogP contribution in [0.4, 0.5) is 0 Å². The maximum absolute atomic E-state index is 4.93. The van der Waals surface area contributed by atoms with Gasteiger partial charge in [-0.3, -0.25) is 0 Å². The predicted molar refractivity (Wildman–Crippen MR) is 21.6 cm³/mol. The molecular formula is C2H5NSi. The Balaban J connectivity index is 2.43. The number of rotatable bonds is 0. The largest absolute Gasteiger partial charge is 0.346 e. The van der Waals surface area contributed by atoms with E-state index in [1.54, 1.807) is 0 Å². The Morgan fingerprint density at radius 1 is 2.00 bits per heavy atom. The lowest BCUT2D eigenvalue weighted by Crippen LogP contribution is -1.98. The van der Waals surface area contributed by atoms with E-state index in [0.29, 0.717) is 0 Å². The van der Waals surface area contributed by atoms with Gasteiger partial charge in [0, 0.05) is 0 Å². The van der Waals surface area contributed by atoms with Crippen molar-refractivity contribution in [2.75, 3.05) is 0 Å². The molecule has 2 heteroatoms. The van der Waals surface area contributed by atoms with Gasteiger partial charge in [-0.1, -0.05) is 0 Å². The summed E-state index contributed by atoms with van der Waals surface area (Å²) in [6.07, 6.45) is 4.71. The molecule has 4 heavy (non-hydrogen) atoms. The van der Waals surface area contributed by atoms with Gasteiger partial charge < -0.3 is 5.40 Å². The highest BCUT2D eigenvalue weighted by molar-refractivity contribution is 6.41. The first kappa shape index (κ1) is 3.74. The van der Waals surface area contributed by atoms with Crippen LogP contribution in [0.25, 0.3) is 0 Å². The summed E-state index contributed by atoms with van der Waals surface area (Å²) in [7, 11) is -0.548. The second kappa shape index (κ2) is 2.74. The van der Waals surface area contributed by atoms with Crippen LogP contribution >= 0.6 is 0 Å². The van der Waals surface area contributed by atoms with E-state index in [-0.39, 0.29) is 0 Å². The Morgan fingerprint density at radius 2 is 2.25 bits per heavy atom. The molecule has 2 N–H and O–H groups in total. The number of hydrogen-bond donors (Lipinski definition) is 1. The van der Waals surface area contributed by atoms with Crippen molar-refractivity contribution in [1.29, 1.82) is 0 Å². The fourth-order valence-electron chi connectivity index (χ4n) is 0. The van der Waals surface area contributed by atoms with Crippen LogP contribution < -0.4 is 5.40 Å². The van der Waals surface area contributed by atoms with E-state index < -0.39 is 9.68 Å². The molecule has 0 spiro atoms. The van der Waals surface area contributed by atoms with Gasteiger partial charge >= 0.3 is 0 Å². The molecule has 22 valence electrons. The van der Waals surface area contributed by atoms with Crippen LogP contribution in [-0.4, -0.2) is 9.68 Å². The van der Waals surface area contributed by atoms with Crippen molar-refractivity contribution in [2.24, 2.45) is 5.40 Å². The van der Waals surface area contributed by atoms with Gasteiger partial charge in [0.25, 0.3) is 0 Å². The van der Waals surface area contributed by atoms with E-state index in [1.807, 2.05) is 0 Å². The van der Waals surface area contributed by atoms with E-state index in [9.17, 15) is 0 Å². The minimum atomic E-state index is -0.548. The molecule has 0 rings (SSSR count). The molecule has 0 aliphatic heterocycles. The summed E-state index contributed by atoms with van der Waals surface area (Å²) in [5.74, 6) is 0. The molecule has 0 unspecified atom stereocenters. The second-order valence-corrected chi connectivity index (χ2v) is 1.22. The molecule has 0 radical (unpaired) electrons. The summed E-state index contributed by atoms with van der Waals surface area (Å²) in [4.78, 5) is 0. The summed E-state index contributed by atoms with van der Waals surface area (Å²) in [5, 5.41) is 4.93. The second-order valence-electron chi connectivity index (χ2n) is 0.408. The molecule has 0 saturated heterocycles.